The Morgan fingerprint density at radius 1 is 1.19 bits per heavy atom. The number of rotatable bonds is 4. The summed E-state index contributed by atoms with van der Waals surface area (Å²) in [5.41, 5.74) is 3.13. The minimum atomic E-state index is -0.0681. The maximum absolute atomic E-state index is 11.8. The number of nitrogens with one attached hydrogen (secondary N) is 2. The van der Waals surface area contributed by atoms with Crippen LogP contribution in [-0.4, -0.2) is 44.0 Å². The van der Waals surface area contributed by atoms with Crippen LogP contribution in [0.25, 0.3) is 0 Å². The number of amides is 1. The quantitative estimate of drug-likeness (QED) is 0.403. The predicted molar refractivity (Wildman–Crippen MR) is 121 cm³/mol. The van der Waals surface area contributed by atoms with Gasteiger partial charge in [0, 0.05) is 45.2 Å². The van der Waals surface area contributed by atoms with Gasteiger partial charge in [0.2, 0.25) is 0 Å². The van der Waals surface area contributed by atoms with E-state index in [1.165, 1.54) is 5.56 Å². The molecule has 2 N–H and O–H groups in total. The Bertz CT molecular complexity index is 779. The third-order valence-corrected chi connectivity index (χ3v) is 4.84. The molecule has 0 saturated carbocycles. The van der Waals surface area contributed by atoms with Gasteiger partial charge in [0.25, 0.3) is 5.91 Å². The Morgan fingerprint density at radius 2 is 1.96 bits per heavy atom. The van der Waals surface area contributed by atoms with Gasteiger partial charge >= 0.3 is 0 Å². The topological polar surface area (TPSA) is 56.7 Å². The van der Waals surface area contributed by atoms with Gasteiger partial charge in [-0.3, -0.25) is 9.79 Å². The summed E-state index contributed by atoms with van der Waals surface area (Å²) in [6.45, 7) is 2.61. The standard InChI is InChI=1S/C21H26N4O.HI/c1-22-20(26)18-10-6-7-16(13-18)14-24-21(23-2)25-12-11-19(15-25)17-8-4-3-5-9-17;/h3-10,13,19H,11-12,14-15H2,1-2H3,(H,22,26)(H,23,24);1H. The van der Waals surface area contributed by atoms with E-state index in [4.69, 9.17) is 0 Å². The van der Waals surface area contributed by atoms with Crippen LogP contribution in [0.2, 0.25) is 0 Å². The molecule has 0 radical (unpaired) electrons. The van der Waals surface area contributed by atoms with Crippen LogP contribution in [0.1, 0.15) is 33.8 Å². The zero-order valence-electron chi connectivity index (χ0n) is 15.8. The van der Waals surface area contributed by atoms with Crippen LogP contribution in [0.4, 0.5) is 0 Å². The highest BCUT2D eigenvalue weighted by Gasteiger charge is 2.25. The first kappa shape index (κ1) is 21.2. The van der Waals surface area contributed by atoms with E-state index >= 15 is 0 Å². The smallest absolute Gasteiger partial charge is 0.251 e. The molecule has 0 aliphatic carbocycles. The van der Waals surface area contributed by atoms with Crippen molar-refractivity contribution in [1.82, 2.24) is 15.5 Å². The van der Waals surface area contributed by atoms with Crippen molar-refractivity contribution in [3.63, 3.8) is 0 Å². The molecule has 1 heterocycles. The van der Waals surface area contributed by atoms with E-state index in [1.807, 2.05) is 31.3 Å². The summed E-state index contributed by atoms with van der Waals surface area (Å²) in [7, 11) is 3.46. The van der Waals surface area contributed by atoms with Crippen LogP contribution < -0.4 is 10.6 Å². The van der Waals surface area contributed by atoms with Gasteiger partial charge in [-0.2, -0.15) is 0 Å². The number of nitrogens with zero attached hydrogens (tertiary/aromatic N) is 2. The van der Waals surface area contributed by atoms with Gasteiger partial charge in [0.05, 0.1) is 0 Å². The number of guanidine groups is 1. The lowest BCUT2D eigenvalue weighted by Crippen LogP contribution is -2.39. The van der Waals surface area contributed by atoms with Crippen molar-refractivity contribution in [1.29, 1.82) is 0 Å². The van der Waals surface area contributed by atoms with Gasteiger partial charge in [-0.25, -0.2) is 0 Å². The van der Waals surface area contributed by atoms with Crippen molar-refractivity contribution in [2.75, 3.05) is 27.2 Å². The zero-order chi connectivity index (χ0) is 18.4. The Balaban J connectivity index is 0.00000261. The lowest BCUT2D eigenvalue weighted by atomic mass is 9.99. The van der Waals surface area contributed by atoms with E-state index in [-0.39, 0.29) is 29.9 Å². The third-order valence-electron chi connectivity index (χ3n) is 4.84. The zero-order valence-corrected chi connectivity index (χ0v) is 18.1. The van der Waals surface area contributed by atoms with Gasteiger partial charge in [-0.05, 0) is 29.7 Å². The molecule has 0 aromatic heterocycles. The highest BCUT2D eigenvalue weighted by Crippen LogP contribution is 2.26. The van der Waals surface area contributed by atoms with Crippen molar-refractivity contribution >= 4 is 35.8 Å². The average Bonchev–Trinajstić information content (AvgIpc) is 3.19. The molecule has 2 aromatic rings. The van der Waals surface area contributed by atoms with Crippen molar-refractivity contribution in [2.24, 2.45) is 4.99 Å². The molecule has 3 rings (SSSR count). The van der Waals surface area contributed by atoms with E-state index in [0.29, 0.717) is 18.0 Å². The molecule has 1 unspecified atom stereocenters. The second-order valence-corrected chi connectivity index (χ2v) is 6.52. The second kappa shape index (κ2) is 10.3. The fraction of sp³-hybridized carbons (Fsp3) is 0.333. The van der Waals surface area contributed by atoms with E-state index in [2.05, 4.69) is 50.9 Å². The number of halogens is 1. The molecule has 1 amide bonds. The molecule has 1 saturated heterocycles. The van der Waals surface area contributed by atoms with Crippen LogP contribution in [0.5, 0.6) is 0 Å². The number of aliphatic imine (C=N–C) groups is 1. The molecule has 144 valence electrons. The first-order valence-corrected chi connectivity index (χ1v) is 9.03. The molecule has 1 fully saturated rings. The lowest BCUT2D eigenvalue weighted by Gasteiger charge is -2.22. The van der Waals surface area contributed by atoms with Gasteiger partial charge in [-0.15, -0.1) is 24.0 Å². The fourth-order valence-corrected chi connectivity index (χ4v) is 3.43. The Labute approximate surface area is 178 Å². The Hall–Kier alpha value is -2.09. The van der Waals surface area contributed by atoms with Crippen LogP contribution in [0.3, 0.4) is 0 Å². The summed E-state index contributed by atoms with van der Waals surface area (Å²) in [5.74, 6) is 1.39. The second-order valence-electron chi connectivity index (χ2n) is 6.52. The molecule has 1 atom stereocenters. The molecular weight excluding hydrogens is 451 g/mol. The monoisotopic (exact) mass is 478 g/mol. The predicted octanol–water partition coefficient (Wildman–Crippen LogP) is 3.23. The van der Waals surface area contributed by atoms with Gasteiger partial charge in [0.1, 0.15) is 0 Å². The molecule has 0 spiro atoms. The third kappa shape index (κ3) is 5.45. The first-order valence-electron chi connectivity index (χ1n) is 9.03. The number of hydrogen-bond donors (Lipinski definition) is 2. The highest BCUT2D eigenvalue weighted by atomic mass is 127. The number of carbonyl (C=O) groups is 1. The van der Waals surface area contributed by atoms with E-state index < -0.39 is 0 Å². The Kier molecular flexibility index (Phi) is 8.09. The SMILES string of the molecule is CN=C(NCc1cccc(C(=O)NC)c1)N1CCC(c2ccccc2)C1.I. The average molecular weight is 478 g/mol. The number of benzene rings is 2. The van der Waals surface area contributed by atoms with Crippen molar-refractivity contribution < 1.29 is 4.79 Å². The van der Waals surface area contributed by atoms with Crippen molar-refractivity contribution in [3.05, 3.63) is 71.3 Å². The van der Waals surface area contributed by atoms with E-state index in [9.17, 15) is 4.79 Å². The first-order chi connectivity index (χ1) is 12.7. The fourth-order valence-electron chi connectivity index (χ4n) is 3.43. The van der Waals surface area contributed by atoms with Gasteiger partial charge in [0.15, 0.2) is 5.96 Å². The molecule has 27 heavy (non-hydrogen) atoms. The molecule has 6 heteroatoms. The Morgan fingerprint density at radius 3 is 2.67 bits per heavy atom. The summed E-state index contributed by atoms with van der Waals surface area (Å²) >= 11 is 0. The number of hydrogen-bond acceptors (Lipinski definition) is 2. The van der Waals surface area contributed by atoms with E-state index in [1.54, 1.807) is 7.05 Å². The molecule has 1 aliphatic heterocycles. The molecule has 1 aliphatic rings. The summed E-state index contributed by atoms with van der Waals surface area (Å²) < 4.78 is 0. The largest absolute Gasteiger partial charge is 0.355 e. The summed E-state index contributed by atoms with van der Waals surface area (Å²) in [6, 6.07) is 18.3. The molecule has 5 nitrogen and oxygen atoms in total. The highest BCUT2D eigenvalue weighted by molar-refractivity contribution is 14.0. The molecular formula is C21H27IN4O. The minimum Gasteiger partial charge on any atom is -0.355 e. The lowest BCUT2D eigenvalue weighted by molar-refractivity contribution is 0.0963. The van der Waals surface area contributed by atoms with Crippen LogP contribution in [0.15, 0.2) is 59.6 Å². The van der Waals surface area contributed by atoms with Crippen molar-refractivity contribution in [2.45, 2.75) is 18.9 Å². The maximum Gasteiger partial charge on any atom is 0.251 e. The normalized spacial score (nSPS) is 16.6. The summed E-state index contributed by atoms with van der Waals surface area (Å²) in [6.07, 6.45) is 1.14. The number of carbonyl (C=O) groups excluding carboxylic acids is 1. The van der Waals surface area contributed by atoms with Crippen molar-refractivity contribution in [3.8, 4) is 0 Å². The van der Waals surface area contributed by atoms with Gasteiger partial charge in [-0.1, -0.05) is 42.5 Å². The summed E-state index contributed by atoms with van der Waals surface area (Å²) in [4.78, 5) is 18.5. The van der Waals surface area contributed by atoms with E-state index in [0.717, 1.165) is 31.0 Å². The number of likely N-dealkylation sites (tertiary alicyclic amines) is 1. The maximum atomic E-state index is 11.8. The molecule has 2 aromatic carbocycles. The minimum absolute atomic E-state index is 0. The van der Waals surface area contributed by atoms with Crippen LogP contribution in [0, 0.1) is 0 Å². The van der Waals surface area contributed by atoms with Crippen LogP contribution >= 0.6 is 24.0 Å². The van der Waals surface area contributed by atoms with Gasteiger partial charge < -0.3 is 15.5 Å². The van der Waals surface area contributed by atoms with Crippen LogP contribution in [-0.2, 0) is 6.54 Å². The molecule has 0 bridgehead atoms. The summed E-state index contributed by atoms with van der Waals surface area (Å²) in [5, 5.41) is 6.09.